The molecule has 0 unspecified atom stereocenters. The fourth-order valence-corrected chi connectivity index (χ4v) is 2.18. The molecule has 0 aromatic carbocycles. The van der Waals surface area contributed by atoms with E-state index in [2.05, 4.69) is 26.0 Å². The molecule has 76 valence electrons. The minimum Gasteiger partial charge on any atom is -0.382 e. The number of hydrogen-bond donors (Lipinski definition) is 1. The third-order valence-corrected chi connectivity index (χ3v) is 2.85. The van der Waals surface area contributed by atoms with Crippen LogP contribution in [0.3, 0.4) is 0 Å². The molecular formula is C9H10BBrN4. The summed E-state index contributed by atoms with van der Waals surface area (Å²) in [4.78, 5) is 3.95. The Balaban J connectivity index is 2.53. The average Bonchev–Trinajstić information content (AvgIpc) is 2.54. The van der Waals surface area contributed by atoms with E-state index in [9.17, 15) is 0 Å². The van der Waals surface area contributed by atoms with Crippen molar-refractivity contribution in [1.29, 1.82) is 0 Å². The molecule has 0 aliphatic heterocycles. The van der Waals surface area contributed by atoms with Crippen LogP contribution < -0.4 is 5.73 Å². The van der Waals surface area contributed by atoms with E-state index in [-0.39, 0.29) is 0 Å². The van der Waals surface area contributed by atoms with Crippen molar-refractivity contribution in [3.8, 4) is 0 Å². The van der Waals surface area contributed by atoms with Gasteiger partial charge in [-0.05, 0) is 28.4 Å². The van der Waals surface area contributed by atoms with Crippen molar-refractivity contribution in [2.75, 3.05) is 5.73 Å². The number of fused-ring (bicyclic) bond motifs is 1. The fraction of sp³-hybridized carbons (Fsp3) is 0.333. The monoisotopic (exact) mass is 264 g/mol. The molecule has 6 heteroatoms. The molecule has 2 heterocycles. The molecular weight excluding hydrogens is 255 g/mol. The van der Waals surface area contributed by atoms with Gasteiger partial charge in [-0.1, -0.05) is 12.7 Å². The van der Waals surface area contributed by atoms with E-state index < -0.39 is 0 Å². The van der Waals surface area contributed by atoms with Crippen molar-refractivity contribution in [3.63, 3.8) is 0 Å². The maximum Gasteiger partial charge on any atom is 0.152 e. The van der Waals surface area contributed by atoms with Crippen molar-refractivity contribution in [3.05, 3.63) is 22.6 Å². The van der Waals surface area contributed by atoms with E-state index in [0.717, 1.165) is 28.5 Å². The fourth-order valence-electron chi connectivity index (χ4n) is 1.55. The van der Waals surface area contributed by atoms with Crippen LogP contribution in [0.25, 0.3) is 5.52 Å². The first kappa shape index (κ1) is 10.5. The lowest BCUT2D eigenvalue weighted by Gasteiger charge is -2.01. The summed E-state index contributed by atoms with van der Waals surface area (Å²) in [5.74, 6) is 0.482. The summed E-state index contributed by atoms with van der Waals surface area (Å²) in [5.41, 5.74) is 7.69. The zero-order chi connectivity index (χ0) is 10.8. The lowest BCUT2D eigenvalue weighted by atomic mass is 10.00. The van der Waals surface area contributed by atoms with E-state index in [1.807, 2.05) is 10.6 Å². The highest BCUT2D eigenvalue weighted by molar-refractivity contribution is 9.10. The Morgan fingerprint density at radius 2 is 2.33 bits per heavy atom. The van der Waals surface area contributed by atoms with Crippen LogP contribution in [0.5, 0.6) is 0 Å². The highest BCUT2D eigenvalue weighted by Gasteiger charge is 2.10. The van der Waals surface area contributed by atoms with E-state index >= 15 is 0 Å². The van der Waals surface area contributed by atoms with Crippen molar-refractivity contribution >= 4 is 35.1 Å². The second-order valence-corrected chi connectivity index (χ2v) is 4.14. The van der Waals surface area contributed by atoms with Crippen LogP contribution >= 0.6 is 15.9 Å². The van der Waals surface area contributed by atoms with E-state index in [4.69, 9.17) is 13.6 Å². The molecule has 15 heavy (non-hydrogen) atoms. The van der Waals surface area contributed by atoms with Crippen LogP contribution in [0.2, 0.25) is 6.32 Å². The van der Waals surface area contributed by atoms with Crippen LogP contribution in [-0.4, -0.2) is 22.4 Å². The average molecular weight is 265 g/mol. The van der Waals surface area contributed by atoms with Gasteiger partial charge in [0.15, 0.2) is 5.82 Å². The number of nitrogens with two attached hydrogens (primary N) is 1. The largest absolute Gasteiger partial charge is 0.382 e. The molecule has 0 saturated heterocycles. The predicted octanol–water partition coefficient (Wildman–Crippen LogP) is 1.59. The molecule has 0 fully saturated rings. The van der Waals surface area contributed by atoms with Crippen LogP contribution in [-0.2, 0) is 6.42 Å². The second kappa shape index (κ2) is 4.22. The minimum atomic E-state index is 0.482. The number of nitrogens with zero attached hydrogens (tertiary/aromatic N) is 3. The van der Waals surface area contributed by atoms with E-state index in [1.54, 1.807) is 0 Å². The molecule has 0 atom stereocenters. The van der Waals surface area contributed by atoms with Gasteiger partial charge in [-0.15, -0.1) is 0 Å². The number of aryl methyl sites for hydroxylation is 1. The van der Waals surface area contributed by atoms with Crippen molar-refractivity contribution < 1.29 is 0 Å². The number of rotatable bonds is 3. The minimum absolute atomic E-state index is 0.482. The normalized spacial score (nSPS) is 11.0. The van der Waals surface area contributed by atoms with Crippen molar-refractivity contribution in [1.82, 2.24) is 14.6 Å². The molecule has 4 nitrogen and oxygen atoms in total. The molecule has 0 aliphatic rings. The Labute approximate surface area is 97.4 Å². The molecule has 0 saturated carbocycles. The van der Waals surface area contributed by atoms with Gasteiger partial charge in [-0.3, -0.25) is 0 Å². The van der Waals surface area contributed by atoms with Crippen LogP contribution in [0.4, 0.5) is 5.82 Å². The smallest absolute Gasteiger partial charge is 0.152 e. The number of anilines is 1. The Hall–Kier alpha value is -1.04. The van der Waals surface area contributed by atoms with Gasteiger partial charge in [0.05, 0.1) is 7.85 Å². The maximum absolute atomic E-state index is 5.77. The summed E-state index contributed by atoms with van der Waals surface area (Å²) in [5, 5.41) is 4.17. The summed E-state index contributed by atoms with van der Waals surface area (Å²) in [6.07, 6.45) is 3.95. The SMILES string of the molecule is [B]CCCc1cc(Br)c2c(N)ncnn12. The first-order chi connectivity index (χ1) is 7.24. The maximum atomic E-state index is 5.77. The summed E-state index contributed by atoms with van der Waals surface area (Å²) < 4.78 is 2.73. The highest BCUT2D eigenvalue weighted by atomic mass is 79.9. The van der Waals surface area contributed by atoms with E-state index in [1.165, 1.54) is 6.33 Å². The van der Waals surface area contributed by atoms with Crippen molar-refractivity contribution in [2.24, 2.45) is 0 Å². The summed E-state index contributed by atoms with van der Waals surface area (Å²) in [6, 6.07) is 2.01. The van der Waals surface area contributed by atoms with Gasteiger partial charge >= 0.3 is 0 Å². The number of hydrogen-bond acceptors (Lipinski definition) is 3. The van der Waals surface area contributed by atoms with Gasteiger partial charge in [0.25, 0.3) is 0 Å². The topological polar surface area (TPSA) is 56.2 Å². The molecule has 2 N–H and O–H groups in total. The van der Waals surface area contributed by atoms with Gasteiger partial charge in [0, 0.05) is 10.2 Å². The zero-order valence-corrected chi connectivity index (χ0v) is 9.74. The lowest BCUT2D eigenvalue weighted by molar-refractivity contribution is 0.795. The zero-order valence-electron chi connectivity index (χ0n) is 8.15. The highest BCUT2D eigenvalue weighted by Crippen LogP contribution is 2.25. The van der Waals surface area contributed by atoms with Gasteiger partial charge in [-0.25, -0.2) is 9.50 Å². The molecule has 2 radical (unpaired) electrons. The van der Waals surface area contributed by atoms with E-state index in [0.29, 0.717) is 12.1 Å². The molecule has 0 spiro atoms. The number of aromatic nitrogens is 3. The molecule has 2 aromatic rings. The summed E-state index contributed by atoms with van der Waals surface area (Å²) >= 11 is 3.45. The van der Waals surface area contributed by atoms with Gasteiger partial charge < -0.3 is 5.73 Å². The van der Waals surface area contributed by atoms with Crippen LogP contribution in [0, 0.1) is 0 Å². The van der Waals surface area contributed by atoms with Gasteiger partial charge in [0.1, 0.15) is 11.8 Å². The van der Waals surface area contributed by atoms with Gasteiger partial charge in [0.2, 0.25) is 0 Å². The van der Waals surface area contributed by atoms with Crippen LogP contribution in [0.1, 0.15) is 12.1 Å². The Kier molecular flexibility index (Phi) is 2.95. The first-order valence-corrected chi connectivity index (χ1v) is 5.50. The molecule has 2 aromatic heterocycles. The molecule has 0 bridgehead atoms. The first-order valence-electron chi connectivity index (χ1n) is 4.70. The summed E-state index contributed by atoms with van der Waals surface area (Å²) in [6.45, 7) is 0. The lowest BCUT2D eigenvalue weighted by Crippen LogP contribution is -2.02. The Morgan fingerprint density at radius 1 is 1.53 bits per heavy atom. The molecule has 0 aliphatic carbocycles. The quantitative estimate of drug-likeness (QED) is 0.857. The standard InChI is InChI=1S/C9H10BBrN4/c10-3-1-2-6-4-7(11)8-9(12)13-5-14-15(6)8/h4-5H,1-3H2,(H2,12,13,14). The summed E-state index contributed by atoms with van der Waals surface area (Å²) in [7, 11) is 5.48. The Morgan fingerprint density at radius 3 is 3.07 bits per heavy atom. The van der Waals surface area contributed by atoms with Gasteiger partial charge in [-0.2, -0.15) is 5.10 Å². The predicted molar refractivity (Wildman–Crippen MR) is 64.0 cm³/mol. The molecule has 2 rings (SSSR count). The van der Waals surface area contributed by atoms with Crippen LogP contribution in [0.15, 0.2) is 16.9 Å². The number of nitrogen functional groups attached to an aromatic ring is 1. The van der Waals surface area contributed by atoms with Crippen molar-refractivity contribution in [2.45, 2.75) is 19.2 Å². The molecule has 0 amide bonds. The third-order valence-electron chi connectivity index (χ3n) is 2.25. The number of halogens is 1. The second-order valence-electron chi connectivity index (χ2n) is 3.28. The Bertz CT molecular complexity index is 482. The third kappa shape index (κ3) is 1.86.